The minimum atomic E-state index is 0.701. The van der Waals surface area contributed by atoms with Gasteiger partial charge in [0.25, 0.3) is 0 Å². The van der Waals surface area contributed by atoms with Gasteiger partial charge in [0.2, 0.25) is 5.95 Å². The van der Waals surface area contributed by atoms with E-state index in [1.165, 1.54) is 32.1 Å². The van der Waals surface area contributed by atoms with Crippen molar-refractivity contribution in [2.75, 3.05) is 17.2 Å². The quantitative estimate of drug-likeness (QED) is 0.771. The SMILES string of the molecule is Nc1ccc2nc(N3CCC4CCCCC43)[nH]c2c1. The number of nitrogens with zero attached hydrogens (tertiary/aromatic N) is 2. The Hall–Kier alpha value is -1.71. The average Bonchev–Trinajstić information content (AvgIpc) is 3.00. The first-order valence-electron chi connectivity index (χ1n) is 7.33. The molecule has 2 fully saturated rings. The van der Waals surface area contributed by atoms with Crippen molar-refractivity contribution < 1.29 is 0 Å². The molecule has 2 unspecified atom stereocenters. The van der Waals surface area contributed by atoms with Crippen molar-refractivity contribution in [3.05, 3.63) is 18.2 Å². The summed E-state index contributed by atoms with van der Waals surface area (Å²) in [4.78, 5) is 10.7. The van der Waals surface area contributed by atoms with Gasteiger partial charge in [-0.2, -0.15) is 0 Å². The molecule has 19 heavy (non-hydrogen) atoms. The van der Waals surface area contributed by atoms with Gasteiger partial charge in [0, 0.05) is 18.3 Å². The summed E-state index contributed by atoms with van der Waals surface area (Å²) in [7, 11) is 0. The molecule has 1 saturated carbocycles. The van der Waals surface area contributed by atoms with E-state index in [1.807, 2.05) is 18.2 Å². The van der Waals surface area contributed by atoms with Gasteiger partial charge in [0.05, 0.1) is 11.0 Å². The van der Waals surface area contributed by atoms with Gasteiger partial charge in [0.15, 0.2) is 0 Å². The number of imidazole rings is 1. The fraction of sp³-hybridized carbons (Fsp3) is 0.533. The fourth-order valence-corrected chi connectivity index (χ4v) is 3.82. The third-order valence-corrected chi connectivity index (χ3v) is 4.78. The Morgan fingerprint density at radius 1 is 1.21 bits per heavy atom. The zero-order chi connectivity index (χ0) is 12.8. The van der Waals surface area contributed by atoms with Crippen LogP contribution in [0.15, 0.2) is 18.2 Å². The topological polar surface area (TPSA) is 57.9 Å². The Balaban J connectivity index is 1.70. The van der Waals surface area contributed by atoms with Crippen molar-refractivity contribution in [3.8, 4) is 0 Å². The van der Waals surface area contributed by atoms with Crippen molar-refractivity contribution in [1.82, 2.24) is 9.97 Å². The van der Waals surface area contributed by atoms with Crippen LogP contribution in [0.5, 0.6) is 0 Å². The van der Waals surface area contributed by atoms with Crippen molar-refractivity contribution in [2.45, 2.75) is 38.1 Å². The monoisotopic (exact) mass is 256 g/mol. The second-order valence-corrected chi connectivity index (χ2v) is 5.93. The van der Waals surface area contributed by atoms with Gasteiger partial charge in [0.1, 0.15) is 0 Å². The lowest BCUT2D eigenvalue weighted by atomic mass is 9.85. The number of hydrogen-bond acceptors (Lipinski definition) is 3. The van der Waals surface area contributed by atoms with Crippen molar-refractivity contribution >= 4 is 22.7 Å². The van der Waals surface area contributed by atoms with Crippen LogP contribution in [-0.4, -0.2) is 22.6 Å². The third-order valence-electron chi connectivity index (χ3n) is 4.78. The predicted molar refractivity (Wildman–Crippen MR) is 78.2 cm³/mol. The predicted octanol–water partition coefficient (Wildman–Crippen LogP) is 2.91. The molecule has 0 spiro atoms. The number of anilines is 2. The molecule has 2 aromatic rings. The Labute approximate surface area is 113 Å². The molecule has 0 radical (unpaired) electrons. The first kappa shape index (κ1) is 11.1. The second-order valence-electron chi connectivity index (χ2n) is 5.93. The Bertz CT molecular complexity index is 603. The third kappa shape index (κ3) is 1.78. The highest BCUT2D eigenvalue weighted by atomic mass is 15.3. The highest BCUT2D eigenvalue weighted by molar-refractivity contribution is 5.81. The van der Waals surface area contributed by atoms with Gasteiger partial charge in [-0.25, -0.2) is 4.98 Å². The molecule has 2 heterocycles. The molecular weight excluding hydrogens is 236 g/mol. The van der Waals surface area contributed by atoms with Crippen LogP contribution < -0.4 is 10.6 Å². The van der Waals surface area contributed by atoms with E-state index < -0.39 is 0 Å². The largest absolute Gasteiger partial charge is 0.399 e. The Morgan fingerprint density at radius 3 is 3.05 bits per heavy atom. The van der Waals surface area contributed by atoms with Gasteiger partial charge >= 0.3 is 0 Å². The lowest BCUT2D eigenvalue weighted by Gasteiger charge is -2.31. The summed E-state index contributed by atoms with van der Waals surface area (Å²) in [5.74, 6) is 1.92. The Morgan fingerprint density at radius 2 is 2.11 bits per heavy atom. The van der Waals surface area contributed by atoms with Crippen LogP contribution in [0.3, 0.4) is 0 Å². The summed E-state index contributed by atoms with van der Waals surface area (Å²) in [5.41, 5.74) is 8.69. The number of aromatic amines is 1. The summed E-state index contributed by atoms with van der Waals surface area (Å²) in [6.07, 6.45) is 6.82. The molecular formula is C15H20N4. The standard InChI is InChI=1S/C15H20N4/c16-11-5-6-12-13(9-11)18-15(17-12)19-8-7-10-3-1-2-4-14(10)19/h5-6,9-10,14H,1-4,7-8,16H2,(H,17,18). The number of benzene rings is 1. The van der Waals surface area contributed by atoms with E-state index in [0.29, 0.717) is 6.04 Å². The highest BCUT2D eigenvalue weighted by Crippen LogP contribution is 2.38. The molecule has 1 aliphatic heterocycles. The molecule has 4 heteroatoms. The van der Waals surface area contributed by atoms with Crippen LogP contribution >= 0.6 is 0 Å². The molecule has 1 aromatic carbocycles. The number of fused-ring (bicyclic) bond motifs is 2. The van der Waals surface area contributed by atoms with E-state index in [9.17, 15) is 0 Å². The van der Waals surface area contributed by atoms with Crippen molar-refractivity contribution in [2.24, 2.45) is 5.92 Å². The summed E-state index contributed by atoms with van der Waals surface area (Å²) < 4.78 is 0. The molecule has 0 amide bonds. The van der Waals surface area contributed by atoms with Crippen LogP contribution in [0.2, 0.25) is 0 Å². The van der Waals surface area contributed by atoms with Gasteiger partial charge < -0.3 is 15.6 Å². The van der Waals surface area contributed by atoms with Gasteiger partial charge in [-0.05, 0) is 43.4 Å². The van der Waals surface area contributed by atoms with E-state index in [0.717, 1.165) is 35.1 Å². The van der Waals surface area contributed by atoms with Crippen LogP contribution in [0.25, 0.3) is 11.0 Å². The smallest absolute Gasteiger partial charge is 0.204 e. The molecule has 100 valence electrons. The number of hydrogen-bond donors (Lipinski definition) is 2. The van der Waals surface area contributed by atoms with Crippen LogP contribution in [0.4, 0.5) is 11.6 Å². The van der Waals surface area contributed by atoms with E-state index >= 15 is 0 Å². The number of aromatic nitrogens is 2. The maximum atomic E-state index is 5.83. The second kappa shape index (κ2) is 4.15. The maximum absolute atomic E-state index is 5.83. The van der Waals surface area contributed by atoms with Gasteiger partial charge in [-0.1, -0.05) is 12.8 Å². The molecule has 3 N–H and O–H groups in total. The first-order chi connectivity index (χ1) is 9.31. The van der Waals surface area contributed by atoms with Gasteiger partial charge in [-0.15, -0.1) is 0 Å². The van der Waals surface area contributed by atoms with E-state index in [2.05, 4.69) is 9.88 Å². The van der Waals surface area contributed by atoms with Crippen LogP contribution in [0, 0.1) is 5.92 Å². The average molecular weight is 256 g/mol. The van der Waals surface area contributed by atoms with E-state index in [-0.39, 0.29) is 0 Å². The lowest BCUT2D eigenvalue weighted by Crippen LogP contribution is -2.35. The zero-order valence-corrected chi connectivity index (χ0v) is 11.1. The Kier molecular flexibility index (Phi) is 2.43. The number of nitrogen functional groups attached to an aromatic ring is 1. The molecule has 1 aromatic heterocycles. The minimum absolute atomic E-state index is 0.701. The number of nitrogens with two attached hydrogens (primary N) is 1. The fourth-order valence-electron chi connectivity index (χ4n) is 3.82. The van der Waals surface area contributed by atoms with Crippen molar-refractivity contribution in [3.63, 3.8) is 0 Å². The molecule has 1 aliphatic carbocycles. The molecule has 2 aliphatic rings. The van der Waals surface area contributed by atoms with Gasteiger partial charge in [-0.3, -0.25) is 0 Å². The number of rotatable bonds is 1. The molecule has 0 bridgehead atoms. The normalized spacial score (nSPS) is 26.8. The van der Waals surface area contributed by atoms with Crippen LogP contribution in [0.1, 0.15) is 32.1 Å². The zero-order valence-electron chi connectivity index (χ0n) is 11.1. The van der Waals surface area contributed by atoms with E-state index in [4.69, 9.17) is 10.7 Å². The molecule has 2 atom stereocenters. The highest BCUT2D eigenvalue weighted by Gasteiger charge is 2.36. The maximum Gasteiger partial charge on any atom is 0.204 e. The molecule has 4 rings (SSSR count). The minimum Gasteiger partial charge on any atom is -0.399 e. The summed E-state index contributed by atoms with van der Waals surface area (Å²) in [6, 6.07) is 6.59. The summed E-state index contributed by atoms with van der Waals surface area (Å²) in [5, 5.41) is 0. The first-order valence-corrected chi connectivity index (χ1v) is 7.33. The number of H-pyrrole nitrogens is 1. The lowest BCUT2D eigenvalue weighted by molar-refractivity contribution is 0.341. The van der Waals surface area contributed by atoms with Crippen LogP contribution in [-0.2, 0) is 0 Å². The summed E-state index contributed by atoms with van der Waals surface area (Å²) >= 11 is 0. The van der Waals surface area contributed by atoms with Crippen molar-refractivity contribution in [1.29, 1.82) is 0 Å². The molecule has 4 nitrogen and oxygen atoms in total. The van der Waals surface area contributed by atoms with E-state index in [1.54, 1.807) is 0 Å². The number of nitrogens with one attached hydrogen (secondary N) is 1. The summed E-state index contributed by atoms with van der Waals surface area (Å²) in [6.45, 7) is 1.14. The molecule has 1 saturated heterocycles.